The van der Waals surface area contributed by atoms with Crippen LogP contribution in [0.2, 0.25) is 0 Å². The zero-order chi connectivity index (χ0) is 83.5. The summed E-state index contributed by atoms with van der Waals surface area (Å²) in [6, 6.07) is 12.1. The van der Waals surface area contributed by atoms with Crippen LogP contribution in [-0.2, 0) is 81.6 Å². The van der Waals surface area contributed by atoms with E-state index in [4.69, 9.17) is 34.5 Å². The van der Waals surface area contributed by atoms with Crippen molar-refractivity contribution in [3.8, 4) is 34.3 Å². The van der Waals surface area contributed by atoms with Gasteiger partial charge in [0.25, 0.3) is 5.56 Å². The van der Waals surface area contributed by atoms with Gasteiger partial charge in [-0.15, -0.1) is 0 Å². The van der Waals surface area contributed by atoms with Crippen LogP contribution < -0.4 is 73.5 Å². The molecule has 1 fully saturated rings. The van der Waals surface area contributed by atoms with Crippen molar-refractivity contribution in [1.29, 1.82) is 0 Å². The first-order valence-electron chi connectivity index (χ1n) is 37.0. The summed E-state index contributed by atoms with van der Waals surface area (Å²) < 4.78 is 29.3. The minimum absolute atomic E-state index is 0.0217. The predicted octanol–water partition coefficient (Wildman–Crippen LogP) is 2.14. The highest BCUT2D eigenvalue weighted by Gasteiger charge is 2.36. The van der Waals surface area contributed by atoms with E-state index in [1.807, 2.05) is 5.32 Å². The minimum Gasteiger partial charge on any atom is -0.504 e. The Bertz CT molecular complexity index is 4340. The highest BCUT2D eigenvalue weighted by molar-refractivity contribution is 8.76. The second-order valence-corrected chi connectivity index (χ2v) is 29.3. The van der Waals surface area contributed by atoms with Gasteiger partial charge in [0.05, 0.1) is 45.6 Å². The molecule has 622 valence electrons. The minimum atomic E-state index is -1.62. The van der Waals surface area contributed by atoms with Crippen LogP contribution in [0.1, 0.15) is 99.3 Å². The number of rotatable bonds is 49. The maximum absolute atomic E-state index is 14.6. The fourth-order valence-electron chi connectivity index (χ4n) is 12.4. The molecule has 16 N–H and O–H groups in total. The number of nitrogens with two attached hydrogens (primary N) is 1. The number of benzene rings is 4. The summed E-state index contributed by atoms with van der Waals surface area (Å²) in [7, 11) is 6.36. The standard InChI is InChI=1S/C76H97N13O24S2/c1-109-58-40-48-47(38-57(58)91)65(64-46-39-59(110-2)60(111-3)41-49(46)71(100)89(66(48)64)28-15-27-88-29-32-112-33-30-88)86-87-76(108)113-34-35-114-115-43-56(74(105)106)83-69(98)51(25-31-90)81-67(96)50(77)42-79-68(97)54(36-44-16-9-7-10-17-44)82-70(99)55(37-45-18-11-8-12-19-45)80-62(93)20-13-5-4-6-14-26-78-61(92)23-21-52(72(101)102)84-75(107)85-53(73(103)104)22-24-63(94)95/h7-12,16-19,31,38-41,50-56,91H,4-6,13-15,20-30,32-37,42-43,77H2,1-3H3,(H,78,92)(H,79,97)(H,80,93)(H,81,96)(H,82,99)(H,83,98)(H,87,108)(H,94,95)(H,101,102)(H,103,104)(H,105,106)(H2,84,85,107)/b86-65+/t50-,51-,52-,53-,54-,55-,56-/m0/s1. The number of hydrogen-bond acceptors (Lipinski definition) is 25. The second-order valence-electron chi connectivity index (χ2n) is 26.6. The van der Waals surface area contributed by atoms with Crippen LogP contribution in [-0.4, -0.2) is 246 Å². The van der Waals surface area contributed by atoms with Crippen molar-refractivity contribution in [2.24, 2.45) is 10.8 Å². The third kappa shape index (κ3) is 28.2. The molecule has 5 aromatic rings. The number of phenols is 1. The molecule has 9 amide bonds. The van der Waals surface area contributed by atoms with Crippen molar-refractivity contribution < 1.29 is 112 Å². The fraction of sp³-hybridized carbons (Fsp3) is 0.461. The molecule has 1 aromatic heterocycles. The van der Waals surface area contributed by atoms with Crippen LogP contribution in [0.25, 0.3) is 22.0 Å². The SMILES string of the molecule is COc1cc2c(cc1O)/C(=N\NC(=O)OCCSSC[C@H](NC(=O)[C@H](CC=O)NC(=O)[C@@H](N)CNC(=O)[C@H](Cc1ccccc1)NC(=O)[C@H](Cc1ccccc1)NC(=O)CCCCCCCNC(=O)CC[C@H](NC(=O)N[C@@H](CCC(=O)O)C(=O)O)C(=O)O)C(=O)O)c1c-2n(CCCN2CCOCC2)c(=O)c2cc(OC)c(OC)cc12. The number of unbranched alkanes of at least 4 members (excludes halogenated alkanes) is 4. The first-order valence-corrected chi connectivity index (χ1v) is 39.5. The maximum Gasteiger partial charge on any atom is 0.427 e. The number of methoxy groups -OCH3 is 3. The second kappa shape index (κ2) is 46.6. The molecule has 2 heterocycles. The summed E-state index contributed by atoms with van der Waals surface area (Å²) in [6.07, 6.45) is 0.454. The number of carboxylic acids is 4. The van der Waals surface area contributed by atoms with E-state index in [0.29, 0.717) is 115 Å². The van der Waals surface area contributed by atoms with E-state index in [1.165, 1.54) is 27.4 Å². The van der Waals surface area contributed by atoms with Crippen molar-refractivity contribution in [3.05, 3.63) is 118 Å². The maximum atomic E-state index is 14.6. The number of urea groups is 1. The number of hydrazone groups is 1. The van der Waals surface area contributed by atoms with Crippen LogP contribution in [0.15, 0.2) is 94.8 Å². The van der Waals surface area contributed by atoms with Gasteiger partial charge < -0.3 is 107 Å². The third-order valence-corrected chi connectivity index (χ3v) is 20.8. The molecule has 1 aliphatic carbocycles. The molecule has 7 atom stereocenters. The molecule has 2 aliphatic rings. The Kier molecular flexibility index (Phi) is 36.7. The van der Waals surface area contributed by atoms with E-state index in [0.717, 1.165) is 34.7 Å². The molecule has 0 spiro atoms. The summed E-state index contributed by atoms with van der Waals surface area (Å²) in [5.74, 6) is -9.98. The first-order chi connectivity index (χ1) is 55.2. The zero-order valence-corrected chi connectivity index (χ0v) is 65.2. The van der Waals surface area contributed by atoms with Gasteiger partial charge in [0.15, 0.2) is 23.0 Å². The van der Waals surface area contributed by atoms with Crippen LogP contribution in [0, 0.1) is 0 Å². The topological polar surface area (TPSA) is 541 Å². The van der Waals surface area contributed by atoms with E-state index >= 15 is 0 Å². The van der Waals surface area contributed by atoms with Gasteiger partial charge in [-0.1, -0.05) is 102 Å². The quantitative estimate of drug-likeness (QED) is 0.0113. The van der Waals surface area contributed by atoms with Gasteiger partial charge >= 0.3 is 36.0 Å². The molecule has 0 radical (unpaired) electrons. The summed E-state index contributed by atoms with van der Waals surface area (Å²) in [6.45, 7) is 3.08. The summed E-state index contributed by atoms with van der Waals surface area (Å²) >= 11 is 0. The number of carboxylic acid groups (broad SMARTS) is 4. The Morgan fingerprint density at radius 3 is 1.77 bits per heavy atom. The lowest BCUT2D eigenvalue weighted by atomic mass is 10.0. The average Bonchev–Trinajstić information content (AvgIpc) is 1.57. The summed E-state index contributed by atoms with van der Waals surface area (Å²) in [5, 5.41) is 73.6. The van der Waals surface area contributed by atoms with E-state index in [2.05, 4.69) is 52.6 Å². The Labute approximate surface area is 668 Å². The number of nitrogens with zero attached hydrogens (tertiary/aromatic N) is 3. The molecule has 1 saturated heterocycles. The van der Waals surface area contributed by atoms with Crippen LogP contribution in [0.4, 0.5) is 9.59 Å². The van der Waals surface area contributed by atoms with Gasteiger partial charge in [-0.05, 0) is 67.5 Å². The molecule has 0 bridgehead atoms. The monoisotopic (exact) mass is 1640 g/mol. The van der Waals surface area contributed by atoms with Gasteiger partial charge in [-0.25, -0.2) is 29.4 Å². The molecule has 1 aliphatic heterocycles. The van der Waals surface area contributed by atoms with Crippen molar-refractivity contribution in [3.63, 3.8) is 0 Å². The molecule has 39 heteroatoms. The molecule has 4 aromatic carbocycles. The van der Waals surface area contributed by atoms with Gasteiger partial charge in [-0.3, -0.25) is 43.3 Å². The number of aliphatic carboxylic acids is 4. The fourth-order valence-corrected chi connectivity index (χ4v) is 14.4. The van der Waals surface area contributed by atoms with E-state index < -0.39 is 140 Å². The molecular weight excluding hydrogens is 1540 g/mol. The molecule has 37 nitrogen and oxygen atoms in total. The number of nitrogens with one attached hydrogen (secondary N) is 9. The number of morpholine rings is 1. The number of pyridine rings is 1. The van der Waals surface area contributed by atoms with Crippen LogP contribution >= 0.6 is 21.6 Å². The molecule has 7 rings (SSSR count). The van der Waals surface area contributed by atoms with Crippen LogP contribution in [0.3, 0.4) is 0 Å². The van der Waals surface area contributed by atoms with Gasteiger partial charge in [0, 0.05) is 111 Å². The predicted molar refractivity (Wildman–Crippen MR) is 421 cm³/mol. The average molecular weight is 1640 g/mol. The zero-order valence-electron chi connectivity index (χ0n) is 63.6. The number of aldehydes is 1. The number of carbonyl (C=O) groups is 13. The molecule has 115 heavy (non-hydrogen) atoms. The Hall–Kier alpha value is -11.6. The number of phenolic OH excluding ortho intramolecular Hbond substituents is 1. The Morgan fingerprint density at radius 2 is 1.17 bits per heavy atom. The largest absolute Gasteiger partial charge is 0.504 e. The molecular formula is C76H97N13O24S2. The van der Waals surface area contributed by atoms with Crippen molar-refractivity contribution >= 4 is 116 Å². The van der Waals surface area contributed by atoms with Crippen molar-refractivity contribution in [1.82, 2.24) is 57.4 Å². The lowest BCUT2D eigenvalue weighted by Gasteiger charge is -2.26. The third-order valence-electron chi connectivity index (χ3n) is 18.5. The van der Waals surface area contributed by atoms with Gasteiger partial charge in [-0.2, -0.15) is 5.10 Å². The number of fused-ring (bicyclic) bond motifs is 5. The van der Waals surface area contributed by atoms with Crippen molar-refractivity contribution in [2.75, 3.05) is 85.4 Å². The van der Waals surface area contributed by atoms with Crippen LogP contribution in [0.5, 0.6) is 23.0 Å². The smallest absolute Gasteiger partial charge is 0.427 e. The number of carbonyl (C=O) groups excluding carboxylic acids is 9. The van der Waals surface area contributed by atoms with Crippen molar-refractivity contribution in [2.45, 2.75) is 139 Å². The number of aromatic hydroxyl groups is 1. The highest BCUT2D eigenvalue weighted by atomic mass is 33.1. The number of ether oxygens (including phenoxy) is 5. The molecule has 0 unspecified atom stereocenters. The number of hydrogen-bond donors (Lipinski definition) is 15. The number of amides is 9. The van der Waals surface area contributed by atoms with E-state index in [-0.39, 0.29) is 91.5 Å². The summed E-state index contributed by atoms with van der Waals surface area (Å²) in [5.41, 5.74) is 11.5. The van der Waals surface area contributed by atoms with Gasteiger partial charge in [0.2, 0.25) is 35.4 Å². The molecule has 0 saturated carbocycles. The normalized spacial score (nSPS) is 14.4. The number of aromatic nitrogens is 1. The van der Waals surface area contributed by atoms with Gasteiger partial charge in [0.1, 0.15) is 60.9 Å². The van der Waals surface area contributed by atoms with E-state index in [9.17, 15) is 87.5 Å². The highest BCUT2D eigenvalue weighted by Crippen LogP contribution is 2.46. The summed E-state index contributed by atoms with van der Waals surface area (Å²) in [4.78, 5) is 182. The lowest BCUT2D eigenvalue weighted by Crippen LogP contribution is -2.58. The van der Waals surface area contributed by atoms with E-state index in [1.54, 1.807) is 83.4 Å². The first kappa shape index (κ1) is 90.6. The Morgan fingerprint density at radius 1 is 0.591 bits per heavy atom. The Balaban J connectivity index is 0.870. The lowest BCUT2D eigenvalue weighted by molar-refractivity contribution is -0.142.